The Balaban J connectivity index is 3.95. The van der Waals surface area contributed by atoms with Gasteiger partial charge < -0.3 is 10.2 Å². The molecule has 0 saturated carbocycles. The van der Waals surface area contributed by atoms with Crippen molar-refractivity contribution >= 4 is 7.26 Å². The van der Waals surface area contributed by atoms with Crippen molar-refractivity contribution < 1.29 is 10.2 Å². The normalized spacial score (nSPS) is 14.5. The lowest BCUT2D eigenvalue weighted by molar-refractivity contribution is 0.0929. The average Bonchev–Trinajstić information content (AvgIpc) is 2.20. The fraction of sp³-hybridized carbons (Fsp3) is 1.00. The molecule has 0 aromatic carbocycles. The Bertz CT molecular complexity index is 116. The Morgan fingerprint density at radius 2 is 1.54 bits per heavy atom. The van der Waals surface area contributed by atoms with Gasteiger partial charge in [0.2, 0.25) is 0 Å². The standard InChI is InChI=1S/C10H24O2P/c1-4-13(5-2,6-3)8-7-10(12)9-11/h10-12H,4-9H2,1-3H3/q+1. The van der Waals surface area contributed by atoms with E-state index in [1.54, 1.807) is 0 Å². The van der Waals surface area contributed by atoms with E-state index in [1.807, 2.05) is 0 Å². The summed E-state index contributed by atoms with van der Waals surface area (Å²) in [4.78, 5) is 0. The number of rotatable bonds is 7. The monoisotopic (exact) mass is 207 g/mol. The van der Waals surface area contributed by atoms with E-state index in [0.29, 0.717) is 0 Å². The van der Waals surface area contributed by atoms with E-state index in [2.05, 4.69) is 20.8 Å². The Morgan fingerprint density at radius 3 is 1.85 bits per heavy atom. The summed E-state index contributed by atoms with van der Waals surface area (Å²) in [5.41, 5.74) is 0. The van der Waals surface area contributed by atoms with Crippen LogP contribution in [0.25, 0.3) is 0 Å². The van der Waals surface area contributed by atoms with Crippen LogP contribution in [0.1, 0.15) is 27.2 Å². The van der Waals surface area contributed by atoms with E-state index in [9.17, 15) is 5.11 Å². The maximum absolute atomic E-state index is 9.28. The van der Waals surface area contributed by atoms with Crippen molar-refractivity contribution in [1.29, 1.82) is 0 Å². The number of aliphatic hydroxyl groups is 2. The Labute approximate surface area is 82.7 Å². The number of hydrogen-bond acceptors (Lipinski definition) is 2. The Morgan fingerprint density at radius 1 is 1.08 bits per heavy atom. The molecule has 2 nitrogen and oxygen atoms in total. The minimum atomic E-state index is -0.777. The van der Waals surface area contributed by atoms with E-state index < -0.39 is 13.4 Å². The van der Waals surface area contributed by atoms with Crippen LogP contribution in [-0.2, 0) is 0 Å². The first-order valence-electron chi connectivity index (χ1n) is 5.28. The summed E-state index contributed by atoms with van der Waals surface area (Å²) in [5.74, 6) is 0. The van der Waals surface area contributed by atoms with Crippen molar-refractivity contribution in [3.63, 3.8) is 0 Å². The van der Waals surface area contributed by atoms with Crippen LogP contribution >= 0.6 is 7.26 Å². The summed E-state index contributed by atoms with van der Waals surface area (Å²) < 4.78 is 0. The number of aliphatic hydroxyl groups excluding tert-OH is 2. The third-order valence-electron chi connectivity index (χ3n) is 3.16. The lowest BCUT2D eigenvalue weighted by Crippen LogP contribution is -2.17. The van der Waals surface area contributed by atoms with E-state index in [4.69, 9.17) is 5.11 Å². The molecule has 0 aromatic heterocycles. The molecule has 0 spiro atoms. The predicted molar refractivity (Wildman–Crippen MR) is 61.1 cm³/mol. The molecule has 1 unspecified atom stereocenters. The van der Waals surface area contributed by atoms with Crippen molar-refractivity contribution in [3.05, 3.63) is 0 Å². The van der Waals surface area contributed by atoms with Gasteiger partial charge in [-0.05, 0) is 20.8 Å². The van der Waals surface area contributed by atoms with Gasteiger partial charge in [0.15, 0.2) is 0 Å². The molecule has 0 aliphatic rings. The van der Waals surface area contributed by atoms with E-state index in [-0.39, 0.29) is 6.61 Å². The second kappa shape index (κ2) is 6.75. The topological polar surface area (TPSA) is 40.5 Å². The highest BCUT2D eigenvalue weighted by molar-refractivity contribution is 7.75. The molecule has 0 rings (SSSR count). The highest BCUT2D eigenvalue weighted by Gasteiger charge is 2.31. The first-order valence-corrected chi connectivity index (χ1v) is 7.81. The van der Waals surface area contributed by atoms with Crippen molar-refractivity contribution in [2.75, 3.05) is 31.3 Å². The number of hydrogen-bond donors (Lipinski definition) is 2. The zero-order chi connectivity index (χ0) is 10.3. The Kier molecular flexibility index (Phi) is 6.93. The third-order valence-corrected chi connectivity index (χ3v) is 8.39. The lowest BCUT2D eigenvalue weighted by Gasteiger charge is -2.24. The van der Waals surface area contributed by atoms with Gasteiger partial charge in [0.05, 0.1) is 37.4 Å². The van der Waals surface area contributed by atoms with Crippen LogP contribution in [0.5, 0.6) is 0 Å². The summed E-state index contributed by atoms with van der Waals surface area (Å²) in [7, 11) is -0.777. The van der Waals surface area contributed by atoms with Gasteiger partial charge in [0, 0.05) is 13.7 Å². The summed E-state index contributed by atoms with van der Waals surface area (Å²) >= 11 is 0. The molecule has 0 bridgehead atoms. The van der Waals surface area contributed by atoms with E-state index in [1.165, 1.54) is 18.5 Å². The van der Waals surface area contributed by atoms with Crippen LogP contribution in [0.4, 0.5) is 0 Å². The van der Waals surface area contributed by atoms with Crippen molar-refractivity contribution in [2.45, 2.75) is 33.3 Å². The zero-order valence-electron chi connectivity index (χ0n) is 9.16. The molecular weight excluding hydrogens is 183 g/mol. The minimum absolute atomic E-state index is 0.0862. The summed E-state index contributed by atoms with van der Waals surface area (Å²) in [6, 6.07) is 0. The van der Waals surface area contributed by atoms with Crippen molar-refractivity contribution in [3.8, 4) is 0 Å². The Hall–Kier alpha value is 0.350. The van der Waals surface area contributed by atoms with Gasteiger partial charge >= 0.3 is 0 Å². The molecule has 0 aromatic rings. The van der Waals surface area contributed by atoms with Crippen molar-refractivity contribution in [1.82, 2.24) is 0 Å². The van der Waals surface area contributed by atoms with Gasteiger partial charge in [0.1, 0.15) is 0 Å². The molecule has 0 aliphatic carbocycles. The molecule has 0 fully saturated rings. The molecule has 80 valence electrons. The average molecular weight is 207 g/mol. The molecular formula is C10H24O2P+. The molecule has 2 N–H and O–H groups in total. The van der Waals surface area contributed by atoms with E-state index >= 15 is 0 Å². The summed E-state index contributed by atoms with van der Waals surface area (Å²) in [6.45, 7) is 6.68. The summed E-state index contributed by atoms with van der Waals surface area (Å²) in [5, 5.41) is 18.0. The van der Waals surface area contributed by atoms with Gasteiger partial charge in [-0.25, -0.2) is 0 Å². The third kappa shape index (κ3) is 4.39. The fourth-order valence-corrected chi connectivity index (χ4v) is 4.80. The van der Waals surface area contributed by atoms with Crippen LogP contribution < -0.4 is 0 Å². The maximum atomic E-state index is 9.28. The smallest absolute Gasteiger partial charge is 0.0805 e. The fourth-order valence-electron chi connectivity index (χ4n) is 1.66. The maximum Gasteiger partial charge on any atom is 0.0805 e. The second-order valence-electron chi connectivity index (χ2n) is 3.64. The molecule has 0 heterocycles. The van der Waals surface area contributed by atoms with Gasteiger partial charge in [-0.1, -0.05) is 0 Å². The largest absolute Gasteiger partial charge is 0.394 e. The van der Waals surface area contributed by atoms with Crippen LogP contribution in [0, 0.1) is 0 Å². The lowest BCUT2D eigenvalue weighted by atomic mass is 10.3. The second-order valence-corrected chi connectivity index (χ2v) is 8.67. The molecule has 1 atom stereocenters. The zero-order valence-corrected chi connectivity index (χ0v) is 10.1. The molecule has 0 saturated heterocycles. The molecule has 3 heteroatoms. The quantitative estimate of drug-likeness (QED) is 0.625. The van der Waals surface area contributed by atoms with Gasteiger partial charge in [-0.15, -0.1) is 0 Å². The summed E-state index contributed by atoms with van der Waals surface area (Å²) in [6.07, 6.45) is 5.25. The first-order chi connectivity index (χ1) is 6.14. The van der Waals surface area contributed by atoms with Crippen LogP contribution in [0.3, 0.4) is 0 Å². The molecule has 0 radical (unpaired) electrons. The van der Waals surface area contributed by atoms with Gasteiger partial charge in [0.25, 0.3) is 0 Å². The predicted octanol–water partition coefficient (Wildman–Crippen LogP) is 1.81. The van der Waals surface area contributed by atoms with Crippen LogP contribution in [0.15, 0.2) is 0 Å². The minimum Gasteiger partial charge on any atom is -0.394 e. The van der Waals surface area contributed by atoms with Gasteiger partial charge in [-0.2, -0.15) is 0 Å². The SMILES string of the molecule is CC[P+](CC)(CC)CCC(O)CO. The van der Waals surface area contributed by atoms with Gasteiger partial charge in [-0.3, -0.25) is 0 Å². The highest BCUT2D eigenvalue weighted by atomic mass is 31.2. The molecule has 0 amide bonds. The highest BCUT2D eigenvalue weighted by Crippen LogP contribution is 2.58. The molecule has 13 heavy (non-hydrogen) atoms. The molecule has 0 aliphatic heterocycles. The van der Waals surface area contributed by atoms with E-state index in [0.717, 1.165) is 12.6 Å². The van der Waals surface area contributed by atoms with Crippen LogP contribution in [-0.4, -0.2) is 47.6 Å². The van der Waals surface area contributed by atoms with Crippen molar-refractivity contribution in [2.24, 2.45) is 0 Å². The first kappa shape index (κ1) is 13.4. The van der Waals surface area contributed by atoms with Crippen LogP contribution in [0.2, 0.25) is 0 Å².